The van der Waals surface area contributed by atoms with Crippen LogP contribution in [0.3, 0.4) is 0 Å². The lowest BCUT2D eigenvalue weighted by Gasteiger charge is -2.22. The predicted octanol–water partition coefficient (Wildman–Crippen LogP) is 2.85. The van der Waals surface area contributed by atoms with Crippen molar-refractivity contribution in [1.82, 2.24) is 9.80 Å². The molecule has 0 heterocycles. The standard InChI is InChI=1S/C11H17N3.CH3I/c1-13(2)11(14(3)4)12-10-8-6-5-7-9-10;1-2/h5-9H,1-4H3;1H3. The first-order valence-corrected chi connectivity index (χ1v) is 7.13. The zero-order chi connectivity index (χ0) is 12.6. The minimum absolute atomic E-state index is 0.941. The van der Waals surface area contributed by atoms with E-state index in [4.69, 9.17) is 0 Å². The van der Waals surface area contributed by atoms with E-state index in [0.29, 0.717) is 0 Å². The van der Waals surface area contributed by atoms with E-state index in [1.165, 1.54) is 0 Å². The first-order valence-electron chi connectivity index (χ1n) is 4.97. The Morgan fingerprint density at radius 2 is 1.38 bits per heavy atom. The van der Waals surface area contributed by atoms with Crippen molar-refractivity contribution in [1.29, 1.82) is 0 Å². The summed E-state index contributed by atoms with van der Waals surface area (Å²) >= 11 is 2.15. The van der Waals surface area contributed by atoms with Crippen molar-refractivity contribution in [3.8, 4) is 0 Å². The minimum Gasteiger partial charge on any atom is -0.349 e. The predicted molar refractivity (Wildman–Crippen MR) is 80.9 cm³/mol. The van der Waals surface area contributed by atoms with Crippen LogP contribution in [0.5, 0.6) is 0 Å². The molecular formula is C12H20IN3. The van der Waals surface area contributed by atoms with Gasteiger partial charge in [-0.1, -0.05) is 40.8 Å². The van der Waals surface area contributed by atoms with Gasteiger partial charge in [0, 0.05) is 28.2 Å². The average molecular weight is 333 g/mol. The molecule has 1 aromatic carbocycles. The van der Waals surface area contributed by atoms with E-state index >= 15 is 0 Å². The Balaban J connectivity index is 0.00000106. The topological polar surface area (TPSA) is 18.8 Å². The molecule has 0 radical (unpaired) electrons. The van der Waals surface area contributed by atoms with Gasteiger partial charge < -0.3 is 9.80 Å². The second kappa shape index (κ2) is 8.38. The molecule has 3 nitrogen and oxygen atoms in total. The number of halogens is 1. The highest BCUT2D eigenvalue weighted by Crippen LogP contribution is 2.10. The summed E-state index contributed by atoms with van der Waals surface area (Å²) in [5.41, 5.74) is 0.977. The highest BCUT2D eigenvalue weighted by atomic mass is 127. The van der Waals surface area contributed by atoms with Gasteiger partial charge >= 0.3 is 0 Å². The van der Waals surface area contributed by atoms with Crippen molar-refractivity contribution in [2.45, 2.75) is 0 Å². The SMILES string of the molecule is CI.CN(C)C(=Nc1ccccc1)N(C)C. The van der Waals surface area contributed by atoms with Crippen molar-refractivity contribution >= 4 is 34.2 Å². The molecule has 1 rings (SSSR count). The van der Waals surface area contributed by atoms with Crippen molar-refractivity contribution < 1.29 is 0 Å². The summed E-state index contributed by atoms with van der Waals surface area (Å²) in [5, 5.41) is 0. The van der Waals surface area contributed by atoms with E-state index in [9.17, 15) is 0 Å². The number of hydrogen-bond donors (Lipinski definition) is 0. The third kappa shape index (κ3) is 5.34. The summed E-state index contributed by atoms with van der Waals surface area (Å²) in [4.78, 5) is 10.5. The molecule has 1 aromatic rings. The lowest BCUT2D eigenvalue weighted by Crippen LogP contribution is -2.35. The Bertz CT molecular complexity index is 297. The van der Waals surface area contributed by atoms with Gasteiger partial charge in [0.05, 0.1) is 5.69 Å². The number of para-hydroxylation sites is 1. The van der Waals surface area contributed by atoms with Crippen LogP contribution in [-0.4, -0.2) is 48.9 Å². The summed E-state index contributed by atoms with van der Waals surface area (Å²) in [6.45, 7) is 0. The lowest BCUT2D eigenvalue weighted by atomic mass is 10.3. The molecule has 0 aliphatic rings. The lowest BCUT2D eigenvalue weighted by molar-refractivity contribution is 0.484. The van der Waals surface area contributed by atoms with Crippen molar-refractivity contribution in [3.05, 3.63) is 30.3 Å². The number of alkyl halides is 1. The Kier molecular flexibility index (Phi) is 7.97. The number of hydrogen-bond acceptors (Lipinski definition) is 1. The summed E-state index contributed by atoms with van der Waals surface area (Å²) in [6.07, 6.45) is 0. The maximum atomic E-state index is 4.53. The van der Waals surface area contributed by atoms with E-state index in [1.54, 1.807) is 0 Å². The fourth-order valence-corrected chi connectivity index (χ4v) is 1.22. The maximum Gasteiger partial charge on any atom is 0.200 e. The Labute approximate surface area is 112 Å². The van der Waals surface area contributed by atoms with E-state index in [-0.39, 0.29) is 0 Å². The molecule has 4 heteroatoms. The second-order valence-corrected chi connectivity index (χ2v) is 3.54. The molecule has 0 amide bonds. The second-order valence-electron chi connectivity index (χ2n) is 3.54. The molecule has 0 N–H and O–H groups in total. The van der Waals surface area contributed by atoms with E-state index in [0.717, 1.165) is 11.6 Å². The minimum atomic E-state index is 0.941. The zero-order valence-corrected chi connectivity index (χ0v) is 12.8. The highest BCUT2D eigenvalue weighted by molar-refractivity contribution is 14.1. The first-order chi connectivity index (χ1) is 7.61. The molecule has 0 saturated heterocycles. The van der Waals surface area contributed by atoms with E-state index in [2.05, 4.69) is 27.6 Å². The van der Waals surface area contributed by atoms with Crippen LogP contribution in [0.25, 0.3) is 0 Å². The molecule has 90 valence electrons. The largest absolute Gasteiger partial charge is 0.349 e. The van der Waals surface area contributed by atoms with Crippen LogP contribution in [0.2, 0.25) is 0 Å². The zero-order valence-electron chi connectivity index (χ0n) is 10.6. The van der Waals surface area contributed by atoms with Gasteiger partial charge in [-0.3, -0.25) is 0 Å². The van der Waals surface area contributed by atoms with Crippen molar-refractivity contribution in [3.63, 3.8) is 0 Å². The molecule has 0 bridgehead atoms. The molecule has 0 fully saturated rings. The van der Waals surface area contributed by atoms with Gasteiger partial charge in [-0.15, -0.1) is 0 Å². The summed E-state index contributed by atoms with van der Waals surface area (Å²) in [7, 11) is 7.95. The van der Waals surface area contributed by atoms with Gasteiger partial charge in [-0.05, 0) is 17.1 Å². The number of nitrogens with zero attached hydrogens (tertiary/aromatic N) is 3. The Morgan fingerprint density at radius 3 is 1.75 bits per heavy atom. The van der Waals surface area contributed by atoms with Gasteiger partial charge in [0.2, 0.25) is 5.96 Å². The molecule has 0 aliphatic carbocycles. The molecule has 0 saturated carbocycles. The Hall–Kier alpha value is -0.780. The van der Waals surface area contributed by atoms with Crippen LogP contribution in [0.15, 0.2) is 35.3 Å². The quantitative estimate of drug-likeness (QED) is 0.341. The summed E-state index contributed by atoms with van der Waals surface area (Å²) in [5.74, 6) is 0.941. The van der Waals surface area contributed by atoms with Crippen LogP contribution < -0.4 is 0 Å². The van der Waals surface area contributed by atoms with Gasteiger partial charge in [0.25, 0.3) is 0 Å². The highest BCUT2D eigenvalue weighted by Gasteiger charge is 2.03. The number of benzene rings is 1. The maximum absolute atomic E-state index is 4.53. The monoisotopic (exact) mass is 333 g/mol. The summed E-state index contributed by atoms with van der Waals surface area (Å²) in [6, 6.07) is 9.95. The number of aliphatic imine (C=N–C) groups is 1. The molecular weight excluding hydrogens is 313 g/mol. The normalized spacial score (nSPS) is 8.62. The van der Waals surface area contributed by atoms with Crippen molar-refractivity contribution in [2.24, 2.45) is 4.99 Å². The molecule has 0 spiro atoms. The molecule has 0 atom stereocenters. The Morgan fingerprint density at radius 1 is 0.938 bits per heavy atom. The summed E-state index contributed by atoms with van der Waals surface area (Å²) < 4.78 is 0. The van der Waals surface area contributed by atoms with Crippen LogP contribution in [0.1, 0.15) is 0 Å². The van der Waals surface area contributed by atoms with Crippen LogP contribution in [0.4, 0.5) is 5.69 Å². The fraction of sp³-hybridized carbons (Fsp3) is 0.417. The van der Waals surface area contributed by atoms with Gasteiger partial charge in [-0.2, -0.15) is 0 Å². The molecule has 0 aromatic heterocycles. The van der Waals surface area contributed by atoms with Gasteiger partial charge in [-0.25, -0.2) is 4.99 Å². The average Bonchev–Trinajstić information content (AvgIpc) is 2.29. The van der Waals surface area contributed by atoms with Crippen LogP contribution >= 0.6 is 22.6 Å². The van der Waals surface area contributed by atoms with Crippen LogP contribution in [0, 0.1) is 0 Å². The third-order valence-corrected chi connectivity index (χ3v) is 1.79. The smallest absolute Gasteiger partial charge is 0.200 e. The number of guanidine groups is 1. The van der Waals surface area contributed by atoms with Crippen LogP contribution in [-0.2, 0) is 0 Å². The van der Waals surface area contributed by atoms with Crippen molar-refractivity contribution in [2.75, 3.05) is 33.1 Å². The fourth-order valence-electron chi connectivity index (χ4n) is 1.22. The molecule has 0 unspecified atom stereocenters. The van der Waals surface area contributed by atoms with E-state index < -0.39 is 0 Å². The molecule has 0 aliphatic heterocycles. The van der Waals surface area contributed by atoms with Gasteiger partial charge in [0.1, 0.15) is 0 Å². The van der Waals surface area contributed by atoms with Gasteiger partial charge in [0.15, 0.2) is 0 Å². The van der Waals surface area contributed by atoms with E-state index in [1.807, 2.05) is 73.3 Å². The third-order valence-electron chi connectivity index (χ3n) is 1.79. The molecule has 16 heavy (non-hydrogen) atoms. The number of rotatable bonds is 1. The first kappa shape index (κ1) is 15.2.